The molecule has 1 aliphatic rings. The van der Waals surface area contributed by atoms with Gasteiger partial charge < -0.3 is 31.7 Å². The van der Waals surface area contributed by atoms with Gasteiger partial charge in [-0.25, -0.2) is 4.79 Å². The minimum Gasteiger partial charge on any atom is -0.463 e. The number of imide groups is 1. The number of anilines is 1. The highest BCUT2D eigenvalue weighted by molar-refractivity contribution is 7.87. The standard InChI is InChI=1S/C27H36N6O11S/c1-16(2)23(32-25(38)20(45(41,42)43)11-13-33-21(35)9-10-22(33)36)26(39)31-19(4-3-12-29-27(28)40)24(37)30-18-7-5-17(6-8-18)14-44-15-34/h5-10,15-16,19-20,23H,3-4,11-14H2,1-2H3,(H,30,37)(H,31,39)(H,32,38)(H3,28,29,40)(H,41,42,43)/t19-,20-,23-/m0/s1. The Bertz CT molecular complexity index is 1390. The second-order valence-corrected chi connectivity index (χ2v) is 11.9. The lowest BCUT2D eigenvalue weighted by molar-refractivity contribution is -0.137. The summed E-state index contributed by atoms with van der Waals surface area (Å²) >= 11 is 0. The van der Waals surface area contributed by atoms with Crippen molar-refractivity contribution < 1.29 is 51.3 Å². The quantitative estimate of drug-likeness (QED) is 0.0482. The first kappa shape index (κ1) is 36.4. The van der Waals surface area contributed by atoms with Crippen LogP contribution in [-0.4, -0.2) is 90.3 Å². The summed E-state index contributed by atoms with van der Waals surface area (Å²) in [5.41, 5.74) is 6.07. The number of hydrogen-bond donors (Lipinski definition) is 6. The third kappa shape index (κ3) is 11.6. The maximum atomic E-state index is 13.3. The number of benzene rings is 1. The van der Waals surface area contributed by atoms with Crippen molar-refractivity contribution in [2.45, 2.75) is 57.1 Å². The predicted octanol–water partition coefficient (Wildman–Crippen LogP) is -1.06. The van der Waals surface area contributed by atoms with E-state index in [9.17, 15) is 46.5 Å². The number of urea groups is 1. The number of carbonyl (C=O) groups excluding carboxylic acids is 7. The van der Waals surface area contributed by atoms with Gasteiger partial charge in [0, 0.05) is 30.9 Å². The molecule has 0 aliphatic carbocycles. The largest absolute Gasteiger partial charge is 0.463 e. The minimum absolute atomic E-state index is 0.0153. The summed E-state index contributed by atoms with van der Waals surface area (Å²) in [6.07, 6.45) is 1.52. The molecule has 0 spiro atoms. The smallest absolute Gasteiger partial charge is 0.312 e. The summed E-state index contributed by atoms with van der Waals surface area (Å²) in [6.45, 7) is 2.99. The van der Waals surface area contributed by atoms with Crippen LogP contribution in [0.2, 0.25) is 0 Å². The van der Waals surface area contributed by atoms with E-state index in [0.717, 1.165) is 12.2 Å². The van der Waals surface area contributed by atoms with Crippen LogP contribution >= 0.6 is 0 Å². The van der Waals surface area contributed by atoms with E-state index in [4.69, 9.17) is 5.73 Å². The fraction of sp³-hybridized carbons (Fsp3) is 0.444. The molecule has 17 nitrogen and oxygen atoms in total. The number of nitrogens with one attached hydrogen (secondary N) is 4. The Kier molecular flexibility index (Phi) is 13.6. The van der Waals surface area contributed by atoms with E-state index in [0.29, 0.717) is 22.6 Å². The van der Waals surface area contributed by atoms with Gasteiger partial charge in [-0.3, -0.25) is 38.2 Å². The summed E-state index contributed by atoms with van der Waals surface area (Å²) in [6, 6.07) is 2.93. The molecule has 7 amide bonds. The Morgan fingerprint density at radius 1 is 0.978 bits per heavy atom. The van der Waals surface area contributed by atoms with Gasteiger partial charge in [0.2, 0.25) is 17.7 Å². The summed E-state index contributed by atoms with van der Waals surface area (Å²) in [5.74, 6) is -4.84. The number of hydrogen-bond acceptors (Lipinski definition) is 10. The second-order valence-electron chi connectivity index (χ2n) is 10.3. The van der Waals surface area contributed by atoms with Crippen molar-refractivity contribution in [1.82, 2.24) is 20.9 Å². The van der Waals surface area contributed by atoms with Crippen molar-refractivity contribution in [1.29, 1.82) is 0 Å². The van der Waals surface area contributed by atoms with Crippen LogP contribution in [0.1, 0.15) is 38.7 Å². The van der Waals surface area contributed by atoms with Crippen LogP contribution in [0.5, 0.6) is 0 Å². The van der Waals surface area contributed by atoms with Gasteiger partial charge in [0.1, 0.15) is 18.7 Å². The predicted molar refractivity (Wildman–Crippen MR) is 157 cm³/mol. The first-order valence-corrected chi connectivity index (χ1v) is 15.2. The molecule has 1 aromatic rings. The number of ether oxygens (including phenoxy) is 1. The van der Waals surface area contributed by atoms with Crippen LogP contribution in [0.3, 0.4) is 0 Å². The van der Waals surface area contributed by atoms with Gasteiger partial charge in [-0.15, -0.1) is 0 Å². The van der Waals surface area contributed by atoms with E-state index >= 15 is 0 Å². The highest BCUT2D eigenvalue weighted by Gasteiger charge is 2.37. The molecule has 1 aromatic carbocycles. The van der Waals surface area contributed by atoms with Crippen LogP contribution in [0.25, 0.3) is 0 Å². The van der Waals surface area contributed by atoms with Crippen LogP contribution in [-0.2, 0) is 50.2 Å². The number of carbonyl (C=O) groups is 7. The first-order chi connectivity index (χ1) is 21.1. The van der Waals surface area contributed by atoms with Crippen molar-refractivity contribution in [3.8, 4) is 0 Å². The SMILES string of the molecule is CC(C)[C@H](NC(=O)[C@H](CCN1C(=O)C=CC1=O)S(=O)(=O)O)C(=O)N[C@@H](CCCNC(N)=O)C(=O)Nc1ccc(COC=O)cc1. The lowest BCUT2D eigenvalue weighted by Gasteiger charge is -2.27. The van der Waals surface area contributed by atoms with E-state index in [1.165, 1.54) is 0 Å². The molecule has 0 aromatic heterocycles. The lowest BCUT2D eigenvalue weighted by atomic mass is 10.0. The van der Waals surface area contributed by atoms with Gasteiger partial charge in [-0.05, 0) is 42.9 Å². The maximum Gasteiger partial charge on any atom is 0.312 e. The summed E-state index contributed by atoms with van der Waals surface area (Å²) in [4.78, 5) is 85.3. The zero-order chi connectivity index (χ0) is 33.7. The van der Waals surface area contributed by atoms with Crippen LogP contribution in [0.15, 0.2) is 36.4 Å². The monoisotopic (exact) mass is 652 g/mol. The Balaban J connectivity index is 2.17. The zero-order valence-corrected chi connectivity index (χ0v) is 25.4. The molecule has 3 atom stereocenters. The van der Waals surface area contributed by atoms with E-state index in [-0.39, 0.29) is 26.0 Å². The van der Waals surface area contributed by atoms with Gasteiger partial charge in [0.25, 0.3) is 28.4 Å². The number of nitrogens with two attached hydrogens (primary N) is 1. The Morgan fingerprint density at radius 2 is 1.60 bits per heavy atom. The molecular formula is C27H36N6O11S. The van der Waals surface area contributed by atoms with Crippen LogP contribution in [0.4, 0.5) is 10.5 Å². The van der Waals surface area contributed by atoms with Gasteiger partial charge in [-0.2, -0.15) is 8.42 Å². The molecule has 45 heavy (non-hydrogen) atoms. The summed E-state index contributed by atoms with van der Waals surface area (Å²) in [5, 5.41) is 7.70. The highest BCUT2D eigenvalue weighted by Crippen LogP contribution is 2.14. The van der Waals surface area contributed by atoms with Crippen LogP contribution < -0.4 is 27.0 Å². The Morgan fingerprint density at radius 3 is 2.13 bits per heavy atom. The Hall–Kier alpha value is -4.84. The van der Waals surface area contributed by atoms with Crippen molar-refractivity contribution in [3.05, 3.63) is 42.0 Å². The average Bonchev–Trinajstić information content (AvgIpc) is 3.28. The van der Waals surface area contributed by atoms with Gasteiger partial charge in [0.05, 0.1) is 0 Å². The molecule has 246 valence electrons. The third-order valence-electron chi connectivity index (χ3n) is 6.56. The van der Waals surface area contributed by atoms with Crippen LogP contribution in [0, 0.1) is 5.92 Å². The fourth-order valence-electron chi connectivity index (χ4n) is 4.19. The molecule has 1 heterocycles. The fourth-order valence-corrected chi connectivity index (χ4v) is 4.93. The number of primary amides is 1. The zero-order valence-electron chi connectivity index (χ0n) is 24.6. The molecule has 1 aliphatic heterocycles. The molecule has 2 rings (SSSR count). The molecule has 7 N–H and O–H groups in total. The molecule has 0 unspecified atom stereocenters. The number of rotatable bonds is 18. The molecule has 0 radical (unpaired) electrons. The summed E-state index contributed by atoms with van der Waals surface area (Å²) < 4.78 is 38.5. The summed E-state index contributed by atoms with van der Waals surface area (Å²) in [7, 11) is -5.04. The van der Waals surface area contributed by atoms with Gasteiger partial charge in [0.15, 0.2) is 5.25 Å². The second kappa shape index (κ2) is 16.9. The van der Waals surface area contributed by atoms with Crippen molar-refractivity contribution >= 4 is 57.8 Å². The average molecular weight is 653 g/mol. The molecular weight excluding hydrogens is 616 g/mol. The Labute approximate surface area is 259 Å². The molecule has 0 saturated carbocycles. The number of amides is 7. The van der Waals surface area contributed by atoms with Gasteiger partial charge in [-0.1, -0.05) is 26.0 Å². The van der Waals surface area contributed by atoms with Crippen molar-refractivity contribution in [2.75, 3.05) is 18.4 Å². The first-order valence-electron chi connectivity index (χ1n) is 13.7. The van der Waals surface area contributed by atoms with E-state index in [1.807, 2.05) is 0 Å². The minimum atomic E-state index is -5.04. The molecule has 18 heteroatoms. The molecule has 0 fully saturated rings. The highest BCUT2D eigenvalue weighted by atomic mass is 32.2. The van der Waals surface area contributed by atoms with Gasteiger partial charge >= 0.3 is 6.03 Å². The van der Waals surface area contributed by atoms with Crippen molar-refractivity contribution in [3.63, 3.8) is 0 Å². The lowest BCUT2D eigenvalue weighted by Crippen LogP contribution is -2.56. The normalized spacial score (nSPS) is 14.8. The van der Waals surface area contributed by atoms with E-state index in [1.54, 1.807) is 38.1 Å². The van der Waals surface area contributed by atoms with E-state index < -0.39 is 81.9 Å². The van der Waals surface area contributed by atoms with Crippen molar-refractivity contribution in [2.24, 2.45) is 11.7 Å². The maximum absolute atomic E-state index is 13.3. The topological polar surface area (TPSA) is 260 Å². The molecule has 0 saturated heterocycles. The van der Waals surface area contributed by atoms with E-state index in [2.05, 4.69) is 26.0 Å². The number of nitrogens with zero attached hydrogens (tertiary/aromatic N) is 1. The molecule has 0 bridgehead atoms. The third-order valence-corrected chi connectivity index (χ3v) is 7.72.